The van der Waals surface area contributed by atoms with Crippen LogP contribution in [-0.2, 0) is 0 Å². The molecule has 0 atom stereocenters. The van der Waals surface area contributed by atoms with Crippen LogP contribution in [0.2, 0.25) is 0 Å². The lowest BCUT2D eigenvalue weighted by Gasteiger charge is -2.41. The largest absolute Gasteiger partial charge is 0.369 e. The molecule has 0 bridgehead atoms. The average molecular weight is 275 g/mol. The maximum absolute atomic E-state index is 6.03. The molecule has 1 aliphatic rings. The molecule has 3 heteroatoms. The van der Waals surface area contributed by atoms with Gasteiger partial charge in [-0.25, -0.2) is 0 Å². The first-order chi connectivity index (χ1) is 9.73. The van der Waals surface area contributed by atoms with Crippen molar-refractivity contribution < 1.29 is 0 Å². The van der Waals surface area contributed by atoms with Gasteiger partial charge in [-0.2, -0.15) is 0 Å². The molecule has 0 spiro atoms. The van der Waals surface area contributed by atoms with Gasteiger partial charge in [0.15, 0.2) is 0 Å². The van der Waals surface area contributed by atoms with Crippen molar-refractivity contribution in [2.75, 3.05) is 44.2 Å². The summed E-state index contributed by atoms with van der Waals surface area (Å²) in [7, 11) is 0. The maximum Gasteiger partial charge on any atom is 0.0367 e. The maximum atomic E-state index is 6.03. The third-order valence-electron chi connectivity index (χ3n) is 4.99. The molecule has 2 N–H and O–H groups in total. The molecule has 20 heavy (non-hydrogen) atoms. The van der Waals surface area contributed by atoms with Crippen molar-refractivity contribution in [3.63, 3.8) is 0 Å². The van der Waals surface area contributed by atoms with Gasteiger partial charge >= 0.3 is 0 Å². The van der Waals surface area contributed by atoms with Crippen molar-refractivity contribution in [3.05, 3.63) is 30.3 Å². The van der Waals surface area contributed by atoms with Crippen LogP contribution in [-0.4, -0.2) is 44.2 Å². The monoisotopic (exact) mass is 275 g/mol. The number of rotatable bonds is 6. The molecule has 1 aromatic carbocycles. The average Bonchev–Trinajstić information content (AvgIpc) is 2.54. The van der Waals surface area contributed by atoms with Crippen molar-refractivity contribution in [1.82, 2.24) is 4.90 Å². The highest BCUT2D eigenvalue weighted by atomic mass is 15.3. The minimum atomic E-state index is 0.314. The Kier molecular flexibility index (Phi) is 5.44. The highest BCUT2D eigenvalue weighted by molar-refractivity contribution is 5.46. The second-order valence-electron chi connectivity index (χ2n) is 6.01. The van der Waals surface area contributed by atoms with E-state index in [-0.39, 0.29) is 0 Å². The normalized spacial score (nSPS) is 17.4. The van der Waals surface area contributed by atoms with E-state index >= 15 is 0 Å². The molecule has 0 unspecified atom stereocenters. The molecule has 2 rings (SSSR count). The van der Waals surface area contributed by atoms with Crippen LogP contribution >= 0.6 is 0 Å². The first-order valence-corrected chi connectivity index (χ1v) is 7.95. The molecular weight excluding hydrogens is 246 g/mol. The predicted molar refractivity (Wildman–Crippen MR) is 87.2 cm³/mol. The fourth-order valence-electron chi connectivity index (χ4n) is 3.10. The molecule has 0 amide bonds. The van der Waals surface area contributed by atoms with E-state index in [2.05, 4.69) is 54.0 Å². The Hall–Kier alpha value is -1.06. The minimum Gasteiger partial charge on any atom is -0.369 e. The van der Waals surface area contributed by atoms with Crippen molar-refractivity contribution in [2.24, 2.45) is 11.1 Å². The van der Waals surface area contributed by atoms with Gasteiger partial charge in [-0.1, -0.05) is 32.0 Å². The summed E-state index contributed by atoms with van der Waals surface area (Å²) in [6.45, 7) is 11.1. The van der Waals surface area contributed by atoms with Gasteiger partial charge in [0.05, 0.1) is 0 Å². The zero-order valence-corrected chi connectivity index (χ0v) is 13.0. The summed E-state index contributed by atoms with van der Waals surface area (Å²) in [5, 5.41) is 0. The van der Waals surface area contributed by atoms with E-state index in [0.717, 1.165) is 39.3 Å². The Labute approximate surface area is 123 Å². The van der Waals surface area contributed by atoms with Gasteiger partial charge in [0, 0.05) is 38.4 Å². The number of nitrogens with zero attached hydrogens (tertiary/aromatic N) is 2. The molecule has 1 fully saturated rings. The van der Waals surface area contributed by atoms with Crippen LogP contribution in [0, 0.1) is 5.41 Å². The second kappa shape index (κ2) is 7.09. The molecular formula is C17H29N3. The lowest BCUT2D eigenvalue weighted by atomic mass is 9.82. The Morgan fingerprint density at radius 2 is 1.60 bits per heavy atom. The van der Waals surface area contributed by atoms with E-state index in [0.29, 0.717) is 5.41 Å². The fraction of sp³-hybridized carbons (Fsp3) is 0.647. The Morgan fingerprint density at radius 3 is 2.10 bits per heavy atom. The molecule has 112 valence electrons. The van der Waals surface area contributed by atoms with Gasteiger partial charge in [-0.15, -0.1) is 0 Å². The lowest BCUT2D eigenvalue weighted by molar-refractivity contribution is 0.138. The SMILES string of the molecule is CCC(CC)(CN)CN1CCN(c2ccccc2)CC1. The van der Waals surface area contributed by atoms with Crippen LogP contribution in [0.25, 0.3) is 0 Å². The minimum absolute atomic E-state index is 0.314. The highest BCUT2D eigenvalue weighted by Gasteiger charge is 2.28. The summed E-state index contributed by atoms with van der Waals surface area (Å²) >= 11 is 0. The van der Waals surface area contributed by atoms with Gasteiger partial charge < -0.3 is 10.6 Å². The Bertz CT molecular complexity index is 370. The molecule has 0 aromatic heterocycles. The molecule has 0 radical (unpaired) electrons. The van der Waals surface area contributed by atoms with Gasteiger partial charge in [-0.05, 0) is 36.9 Å². The highest BCUT2D eigenvalue weighted by Crippen LogP contribution is 2.27. The molecule has 1 saturated heterocycles. The van der Waals surface area contributed by atoms with Gasteiger partial charge in [0.2, 0.25) is 0 Å². The zero-order chi connectivity index (χ0) is 14.4. The number of nitrogens with two attached hydrogens (primary N) is 1. The summed E-state index contributed by atoms with van der Waals surface area (Å²) in [4.78, 5) is 5.08. The van der Waals surface area contributed by atoms with Crippen molar-refractivity contribution in [3.8, 4) is 0 Å². The van der Waals surface area contributed by atoms with E-state index < -0.39 is 0 Å². The third kappa shape index (κ3) is 3.53. The van der Waals surface area contributed by atoms with E-state index in [4.69, 9.17) is 5.73 Å². The standard InChI is InChI=1S/C17H29N3/c1-3-17(4-2,14-18)15-19-10-12-20(13-11-19)16-8-6-5-7-9-16/h5-9H,3-4,10-15,18H2,1-2H3. The topological polar surface area (TPSA) is 32.5 Å². The number of hydrogen-bond acceptors (Lipinski definition) is 3. The summed E-state index contributed by atoms with van der Waals surface area (Å²) in [5.41, 5.74) is 7.69. The van der Waals surface area contributed by atoms with Crippen LogP contribution < -0.4 is 10.6 Å². The van der Waals surface area contributed by atoms with Crippen molar-refractivity contribution >= 4 is 5.69 Å². The van der Waals surface area contributed by atoms with Crippen LogP contribution in [0.3, 0.4) is 0 Å². The smallest absolute Gasteiger partial charge is 0.0367 e. The fourth-order valence-corrected chi connectivity index (χ4v) is 3.10. The van der Waals surface area contributed by atoms with Crippen LogP contribution in [0.1, 0.15) is 26.7 Å². The zero-order valence-electron chi connectivity index (χ0n) is 13.0. The Balaban J connectivity index is 1.88. The molecule has 3 nitrogen and oxygen atoms in total. The number of anilines is 1. The molecule has 1 aromatic rings. The summed E-state index contributed by atoms with van der Waals surface area (Å²) in [6.07, 6.45) is 2.36. The summed E-state index contributed by atoms with van der Waals surface area (Å²) in [6, 6.07) is 10.7. The van der Waals surface area contributed by atoms with E-state index in [1.165, 1.54) is 18.5 Å². The quantitative estimate of drug-likeness (QED) is 0.866. The molecule has 1 heterocycles. The first kappa shape index (κ1) is 15.3. The predicted octanol–water partition coefficient (Wildman–Crippen LogP) is 2.57. The third-order valence-corrected chi connectivity index (χ3v) is 4.99. The number of hydrogen-bond donors (Lipinski definition) is 1. The first-order valence-electron chi connectivity index (χ1n) is 7.95. The van der Waals surface area contributed by atoms with E-state index in [9.17, 15) is 0 Å². The van der Waals surface area contributed by atoms with Gasteiger partial charge in [0.25, 0.3) is 0 Å². The van der Waals surface area contributed by atoms with Crippen LogP contribution in [0.5, 0.6) is 0 Å². The van der Waals surface area contributed by atoms with E-state index in [1.807, 2.05) is 0 Å². The number of benzene rings is 1. The van der Waals surface area contributed by atoms with Crippen LogP contribution in [0.4, 0.5) is 5.69 Å². The van der Waals surface area contributed by atoms with Gasteiger partial charge in [0.1, 0.15) is 0 Å². The lowest BCUT2D eigenvalue weighted by Crippen LogP contribution is -2.51. The molecule has 1 aliphatic heterocycles. The number of piperazine rings is 1. The van der Waals surface area contributed by atoms with Crippen molar-refractivity contribution in [1.29, 1.82) is 0 Å². The van der Waals surface area contributed by atoms with E-state index in [1.54, 1.807) is 0 Å². The molecule has 0 saturated carbocycles. The molecule has 0 aliphatic carbocycles. The van der Waals surface area contributed by atoms with Gasteiger partial charge in [-0.3, -0.25) is 4.90 Å². The van der Waals surface area contributed by atoms with Crippen LogP contribution in [0.15, 0.2) is 30.3 Å². The Morgan fingerprint density at radius 1 is 1.00 bits per heavy atom. The second-order valence-corrected chi connectivity index (χ2v) is 6.01. The number of para-hydroxylation sites is 1. The van der Waals surface area contributed by atoms with Crippen molar-refractivity contribution in [2.45, 2.75) is 26.7 Å². The summed E-state index contributed by atoms with van der Waals surface area (Å²) < 4.78 is 0. The summed E-state index contributed by atoms with van der Waals surface area (Å²) in [5.74, 6) is 0.